The molecule has 0 radical (unpaired) electrons. The van der Waals surface area contributed by atoms with Gasteiger partial charge in [-0.2, -0.15) is 0 Å². The van der Waals surface area contributed by atoms with Crippen LogP contribution >= 0.6 is 28.7 Å². The van der Waals surface area contributed by atoms with Crippen LogP contribution in [0.4, 0.5) is 0 Å². The molecule has 0 aromatic heterocycles. The van der Waals surface area contributed by atoms with Crippen molar-refractivity contribution in [2.75, 3.05) is 25.5 Å². The van der Waals surface area contributed by atoms with E-state index in [1.165, 1.54) is 10.6 Å². The minimum atomic E-state index is 0. The molecule has 1 fully saturated rings. The van der Waals surface area contributed by atoms with E-state index in [4.69, 9.17) is 4.74 Å². The summed E-state index contributed by atoms with van der Waals surface area (Å²) in [7, 11) is 0. The summed E-state index contributed by atoms with van der Waals surface area (Å²) in [4.78, 5) is 17.7. The zero-order valence-corrected chi connectivity index (χ0v) is 14.5. The maximum atomic E-state index is 12.3. The Hall–Kier alpha value is -0.200. The molecule has 4 nitrogen and oxygen atoms in total. The molecule has 0 aliphatic carbocycles. The predicted molar refractivity (Wildman–Crippen MR) is 84.4 cm³/mol. The van der Waals surface area contributed by atoms with Crippen molar-refractivity contribution in [3.05, 3.63) is 10.6 Å². The third-order valence-corrected chi connectivity index (χ3v) is 4.69. The molecule has 110 valence electrons. The normalized spacial score (nSPS) is 27.6. The van der Waals surface area contributed by atoms with Crippen molar-refractivity contribution in [2.45, 2.75) is 39.9 Å². The van der Waals surface area contributed by atoms with Crippen molar-refractivity contribution >= 4 is 34.7 Å². The first kappa shape index (κ1) is 16.9. The number of ether oxygens (including phenoxy) is 1. The van der Waals surface area contributed by atoms with E-state index in [1.807, 2.05) is 30.5 Å². The van der Waals surface area contributed by atoms with E-state index < -0.39 is 0 Å². The fraction of sp³-hybridized carbons (Fsp3) is 0.769. The van der Waals surface area contributed by atoms with Gasteiger partial charge in [0.1, 0.15) is 0 Å². The summed E-state index contributed by atoms with van der Waals surface area (Å²) in [5.41, 5.74) is 1.24. The summed E-state index contributed by atoms with van der Waals surface area (Å²) in [6, 6.07) is 0. The molecule has 0 bridgehead atoms. The quantitative estimate of drug-likeness (QED) is 0.765. The highest BCUT2D eigenvalue weighted by Gasteiger charge is 2.28. The Labute approximate surface area is 130 Å². The Morgan fingerprint density at radius 2 is 1.89 bits per heavy atom. The molecule has 0 N–H and O–H groups in total. The topological polar surface area (TPSA) is 32.8 Å². The monoisotopic (exact) mass is 350 g/mol. The van der Waals surface area contributed by atoms with Crippen LogP contribution in [-0.2, 0) is 9.53 Å². The number of carbonyl (C=O) groups is 1. The number of hydrogen-bond acceptors (Lipinski definition) is 4. The van der Waals surface area contributed by atoms with Crippen molar-refractivity contribution in [3.8, 4) is 0 Å². The lowest BCUT2D eigenvalue weighted by Gasteiger charge is -2.36. The van der Waals surface area contributed by atoms with E-state index in [2.05, 4.69) is 18.7 Å². The molecule has 2 aliphatic rings. The molecule has 2 unspecified atom stereocenters. The van der Waals surface area contributed by atoms with Gasteiger partial charge in [0.2, 0.25) is 5.91 Å². The molecule has 19 heavy (non-hydrogen) atoms. The van der Waals surface area contributed by atoms with Crippen LogP contribution < -0.4 is 0 Å². The van der Waals surface area contributed by atoms with Gasteiger partial charge in [-0.15, -0.1) is 28.7 Å². The van der Waals surface area contributed by atoms with Gasteiger partial charge in [0.25, 0.3) is 0 Å². The van der Waals surface area contributed by atoms with Gasteiger partial charge in [-0.3, -0.25) is 4.79 Å². The second-order valence-electron chi connectivity index (χ2n) is 5.17. The third kappa shape index (κ3) is 4.13. The van der Waals surface area contributed by atoms with Gasteiger partial charge in [0.05, 0.1) is 24.6 Å². The minimum absolute atomic E-state index is 0. The van der Waals surface area contributed by atoms with E-state index in [0.29, 0.717) is 19.6 Å². The predicted octanol–water partition coefficient (Wildman–Crippen LogP) is 2.46. The summed E-state index contributed by atoms with van der Waals surface area (Å²) in [6.45, 7) is 10.2. The van der Waals surface area contributed by atoms with Gasteiger partial charge in [-0.05, 0) is 27.7 Å². The maximum absolute atomic E-state index is 12.3. The summed E-state index contributed by atoms with van der Waals surface area (Å²) in [5, 5.41) is 0. The number of thioether (sulfide) groups is 1. The largest absolute Gasteiger partial charge is 0.372 e. The first-order valence-corrected chi connectivity index (χ1v) is 7.44. The fourth-order valence-corrected chi connectivity index (χ4v) is 3.38. The Morgan fingerprint density at radius 3 is 2.37 bits per heavy atom. The Kier molecular flexibility index (Phi) is 6.20. The van der Waals surface area contributed by atoms with Crippen molar-refractivity contribution in [1.82, 2.24) is 9.80 Å². The second-order valence-corrected chi connectivity index (χ2v) is 6.33. The number of morpholine rings is 1. The molecule has 2 rings (SSSR count). The molecule has 0 aromatic carbocycles. The Balaban J connectivity index is 0.00000180. The Bertz CT molecular complexity index is 366. The molecular weight excluding hydrogens is 328 g/mol. The molecule has 0 aromatic rings. The van der Waals surface area contributed by atoms with Gasteiger partial charge in [0, 0.05) is 23.7 Å². The van der Waals surface area contributed by atoms with Crippen molar-refractivity contribution in [2.24, 2.45) is 0 Å². The Morgan fingerprint density at radius 1 is 1.32 bits per heavy atom. The SMILES string of the molecule is Br.CC1=C(C)N(CC(=O)N2CC(C)OC(C)C2)CS1. The first-order valence-electron chi connectivity index (χ1n) is 6.46. The highest BCUT2D eigenvalue weighted by molar-refractivity contribution is 8.93. The zero-order valence-electron chi connectivity index (χ0n) is 12.0. The molecule has 6 heteroatoms. The summed E-state index contributed by atoms with van der Waals surface area (Å²) >= 11 is 1.81. The third-order valence-electron chi connectivity index (χ3n) is 3.52. The number of halogens is 1. The maximum Gasteiger partial charge on any atom is 0.242 e. The van der Waals surface area contributed by atoms with Gasteiger partial charge in [-0.25, -0.2) is 0 Å². The lowest BCUT2D eigenvalue weighted by molar-refractivity contribution is -0.143. The van der Waals surface area contributed by atoms with E-state index in [-0.39, 0.29) is 35.1 Å². The number of allylic oxidation sites excluding steroid dienone is 2. The summed E-state index contributed by atoms with van der Waals surface area (Å²) in [6.07, 6.45) is 0.285. The van der Waals surface area contributed by atoms with E-state index in [1.54, 1.807) is 0 Å². The number of rotatable bonds is 2. The van der Waals surface area contributed by atoms with E-state index in [0.717, 1.165) is 5.88 Å². The summed E-state index contributed by atoms with van der Waals surface area (Å²) < 4.78 is 5.65. The van der Waals surface area contributed by atoms with Crippen molar-refractivity contribution in [3.63, 3.8) is 0 Å². The highest BCUT2D eigenvalue weighted by Crippen LogP contribution is 2.30. The van der Waals surface area contributed by atoms with Gasteiger partial charge in [0.15, 0.2) is 0 Å². The van der Waals surface area contributed by atoms with Crippen LogP contribution in [0.25, 0.3) is 0 Å². The van der Waals surface area contributed by atoms with Gasteiger partial charge in [-0.1, -0.05) is 0 Å². The summed E-state index contributed by atoms with van der Waals surface area (Å²) in [5.74, 6) is 1.12. The average Bonchev–Trinajstić information content (AvgIpc) is 2.59. The molecule has 1 saturated heterocycles. The van der Waals surface area contributed by atoms with E-state index >= 15 is 0 Å². The van der Waals surface area contributed by atoms with Crippen LogP contribution in [-0.4, -0.2) is 53.4 Å². The first-order chi connectivity index (χ1) is 8.47. The van der Waals surface area contributed by atoms with Crippen molar-refractivity contribution in [1.29, 1.82) is 0 Å². The van der Waals surface area contributed by atoms with Gasteiger partial charge < -0.3 is 14.5 Å². The van der Waals surface area contributed by atoms with Gasteiger partial charge >= 0.3 is 0 Å². The fourth-order valence-electron chi connectivity index (χ4n) is 2.41. The van der Waals surface area contributed by atoms with Crippen LogP contribution in [0.3, 0.4) is 0 Å². The molecular formula is C13H23BrN2O2S. The van der Waals surface area contributed by atoms with Crippen molar-refractivity contribution < 1.29 is 9.53 Å². The van der Waals surface area contributed by atoms with E-state index in [9.17, 15) is 4.79 Å². The van der Waals surface area contributed by atoms with Crippen LogP contribution in [0.15, 0.2) is 10.6 Å². The molecule has 0 saturated carbocycles. The second kappa shape index (κ2) is 6.99. The average molecular weight is 351 g/mol. The standard InChI is InChI=1S/C13H22N2O2S.BrH/c1-9-5-14(6-10(2)17-9)13(16)7-15-8-18-12(4)11(15)3;/h9-10H,5-8H2,1-4H3;1H. The zero-order chi connectivity index (χ0) is 13.3. The molecule has 2 aliphatic heterocycles. The van der Waals surface area contributed by atoms with Crippen LogP contribution in [0.5, 0.6) is 0 Å². The molecule has 1 amide bonds. The number of carbonyl (C=O) groups excluding carboxylic acids is 1. The number of hydrogen-bond donors (Lipinski definition) is 0. The van der Waals surface area contributed by atoms with Crippen LogP contribution in [0.2, 0.25) is 0 Å². The molecule has 2 atom stereocenters. The number of amides is 1. The lowest BCUT2D eigenvalue weighted by Crippen LogP contribution is -2.50. The molecule has 2 heterocycles. The van der Waals surface area contributed by atoms with Crippen LogP contribution in [0.1, 0.15) is 27.7 Å². The smallest absolute Gasteiger partial charge is 0.242 e. The number of nitrogens with zero attached hydrogens (tertiary/aromatic N) is 2. The van der Waals surface area contributed by atoms with Crippen LogP contribution in [0, 0.1) is 0 Å². The molecule has 0 spiro atoms. The highest BCUT2D eigenvalue weighted by atomic mass is 79.9. The minimum Gasteiger partial charge on any atom is -0.372 e. The lowest BCUT2D eigenvalue weighted by atomic mass is 10.2.